The molecular formula is C8H14N4O. The van der Waals surface area contributed by atoms with Gasteiger partial charge in [0.2, 0.25) is 0 Å². The van der Waals surface area contributed by atoms with E-state index in [0.717, 1.165) is 6.42 Å². The van der Waals surface area contributed by atoms with Gasteiger partial charge in [-0.05, 0) is 6.42 Å². The summed E-state index contributed by atoms with van der Waals surface area (Å²) in [5.41, 5.74) is 5.96. The van der Waals surface area contributed by atoms with Crippen molar-refractivity contribution >= 4 is 11.7 Å². The van der Waals surface area contributed by atoms with Gasteiger partial charge in [-0.15, -0.1) is 0 Å². The number of hydrogen-bond acceptors (Lipinski definition) is 3. The third-order valence-electron chi connectivity index (χ3n) is 1.64. The highest BCUT2D eigenvalue weighted by atomic mass is 16.1. The largest absolute Gasteiger partial charge is 0.382 e. The van der Waals surface area contributed by atoms with Crippen LogP contribution in [-0.4, -0.2) is 22.2 Å². The van der Waals surface area contributed by atoms with Crippen molar-refractivity contribution < 1.29 is 4.79 Å². The number of nitrogens with two attached hydrogens (primary N) is 1. The maximum absolute atomic E-state index is 11.4. The second-order valence-electron chi connectivity index (χ2n) is 2.86. The molecule has 5 heteroatoms. The number of aryl methyl sites for hydroxylation is 1. The molecule has 1 heterocycles. The number of carbonyl (C=O) groups excluding carboxylic acids is 1. The van der Waals surface area contributed by atoms with Gasteiger partial charge in [0, 0.05) is 19.8 Å². The second kappa shape index (κ2) is 3.93. The van der Waals surface area contributed by atoms with Crippen LogP contribution < -0.4 is 11.1 Å². The Morgan fingerprint density at radius 1 is 1.77 bits per heavy atom. The minimum Gasteiger partial charge on any atom is -0.382 e. The zero-order valence-corrected chi connectivity index (χ0v) is 7.87. The molecule has 0 fully saturated rings. The molecule has 3 N–H and O–H groups in total. The fourth-order valence-electron chi connectivity index (χ4n) is 1.01. The van der Waals surface area contributed by atoms with Crippen molar-refractivity contribution in [2.24, 2.45) is 7.05 Å². The molecule has 72 valence electrons. The Morgan fingerprint density at radius 2 is 2.46 bits per heavy atom. The van der Waals surface area contributed by atoms with Crippen LogP contribution in [-0.2, 0) is 7.05 Å². The quantitative estimate of drug-likeness (QED) is 0.698. The number of hydrogen-bond donors (Lipinski definition) is 2. The Morgan fingerprint density at radius 3 is 2.92 bits per heavy atom. The smallest absolute Gasteiger partial charge is 0.256 e. The Labute approximate surface area is 76.9 Å². The summed E-state index contributed by atoms with van der Waals surface area (Å²) in [5, 5.41) is 6.60. The summed E-state index contributed by atoms with van der Waals surface area (Å²) in [6.45, 7) is 2.65. The molecule has 0 aliphatic heterocycles. The minimum atomic E-state index is -0.160. The van der Waals surface area contributed by atoms with E-state index in [1.54, 1.807) is 13.2 Å². The molecule has 1 aromatic heterocycles. The van der Waals surface area contributed by atoms with Crippen molar-refractivity contribution in [1.82, 2.24) is 15.1 Å². The van der Waals surface area contributed by atoms with Crippen LogP contribution in [0.25, 0.3) is 0 Å². The maximum Gasteiger partial charge on any atom is 0.256 e. The number of rotatable bonds is 3. The van der Waals surface area contributed by atoms with Gasteiger partial charge in [0.25, 0.3) is 5.91 Å². The normalized spacial score (nSPS) is 10.0. The first-order chi connectivity index (χ1) is 6.15. The van der Waals surface area contributed by atoms with Crippen molar-refractivity contribution in [3.63, 3.8) is 0 Å². The van der Waals surface area contributed by atoms with Gasteiger partial charge < -0.3 is 11.1 Å². The second-order valence-corrected chi connectivity index (χ2v) is 2.86. The number of nitrogens with one attached hydrogen (secondary N) is 1. The molecule has 1 amide bonds. The van der Waals surface area contributed by atoms with E-state index < -0.39 is 0 Å². The summed E-state index contributed by atoms with van der Waals surface area (Å²) in [4.78, 5) is 11.4. The standard InChI is InChI=1S/C8H14N4O/c1-3-4-10-8(13)6-5-12(2)11-7(6)9/h5H,3-4H2,1-2H3,(H2,9,11)(H,10,13). The molecule has 5 nitrogen and oxygen atoms in total. The van der Waals surface area contributed by atoms with Gasteiger partial charge in [0.05, 0.1) is 0 Å². The van der Waals surface area contributed by atoms with E-state index in [1.807, 2.05) is 6.92 Å². The first-order valence-electron chi connectivity index (χ1n) is 4.22. The molecule has 0 saturated heterocycles. The fraction of sp³-hybridized carbons (Fsp3) is 0.500. The summed E-state index contributed by atoms with van der Waals surface area (Å²) in [7, 11) is 1.73. The lowest BCUT2D eigenvalue weighted by molar-refractivity contribution is 0.0954. The monoisotopic (exact) mass is 182 g/mol. The zero-order chi connectivity index (χ0) is 9.84. The molecule has 1 aromatic rings. The van der Waals surface area contributed by atoms with Crippen molar-refractivity contribution in [2.45, 2.75) is 13.3 Å². The lowest BCUT2D eigenvalue weighted by Crippen LogP contribution is -2.24. The zero-order valence-electron chi connectivity index (χ0n) is 7.87. The molecule has 0 atom stereocenters. The highest BCUT2D eigenvalue weighted by molar-refractivity contribution is 5.98. The summed E-state index contributed by atoms with van der Waals surface area (Å²) in [5.74, 6) is 0.114. The number of carbonyl (C=O) groups is 1. The summed E-state index contributed by atoms with van der Waals surface area (Å²) in [6.07, 6.45) is 2.52. The van der Waals surface area contributed by atoms with E-state index >= 15 is 0 Å². The lowest BCUT2D eigenvalue weighted by atomic mass is 10.3. The van der Waals surface area contributed by atoms with Crippen LogP contribution in [0.1, 0.15) is 23.7 Å². The average molecular weight is 182 g/mol. The van der Waals surface area contributed by atoms with E-state index in [0.29, 0.717) is 12.1 Å². The fourth-order valence-corrected chi connectivity index (χ4v) is 1.01. The molecule has 0 unspecified atom stereocenters. The van der Waals surface area contributed by atoms with Gasteiger partial charge >= 0.3 is 0 Å². The minimum absolute atomic E-state index is 0.160. The number of anilines is 1. The Kier molecular flexibility index (Phi) is 2.89. The van der Waals surface area contributed by atoms with Gasteiger partial charge in [0.1, 0.15) is 5.56 Å². The van der Waals surface area contributed by atoms with Crippen molar-refractivity contribution in [3.8, 4) is 0 Å². The van der Waals surface area contributed by atoms with Crippen LogP contribution in [0.5, 0.6) is 0 Å². The van der Waals surface area contributed by atoms with Crippen LogP contribution in [0.15, 0.2) is 6.20 Å². The van der Waals surface area contributed by atoms with E-state index in [9.17, 15) is 4.79 Å². The maximum atomic E-state index is 11.4. The van der Waals surface area contributed by atoms with E-state index in [1.165, 1.54) is 4.68 Å². The van der Waals surface area contributed by atoms with Gasteiger partial charge in [0.15, 0.2) is 5.82 Å². The van der Waals surface area contributed by atoms with Gasteiger partial charge in [-0.2, -0.15) is 5.10 Å². The number of nitrogen functional groups attached to an aromatic ring is 1. The molecule has 0 spiro atoms. The van der Waals surface area contributed by atoms with Crippen LogP contribution in [0.4, 0.5) is 5.82 Å². The molecule has 13 heavy (non-hydrogen) atoms. The molecule has 0 aromatic carbocycles. The van der Waals surface area contributed by atoms with Gasteiger partial charge in [-0.3, -0.25) is 9.48 Å². The molecule has 0 saturated carbocycles. The molecule has 0 radical (unpaired) electrons. The molecule has 0 bridgehead atoms. The lowest BCUT2D eigenvalue weighted by Gasteiger charge is -2.00. The van der Waals surface area contributed by atoms with Crippen molar-refractivity contribution in [3.05, 3.63) is 11.8 Å². The molecular weight excluding hydrogens is 168 g/mol. The first kappa shape index (κ1) is 9.57. The molecule has 1 rings (SSSR count). The Bertz CT molecular complexity index is 305. The number of amides is 1. The third kappa shape index (κ3) is 2.21. The number of nitrogens with zero attached hydrogens (tertiary/aromatic N) is 2. The van der Waals surface area contributed by atoms with E-state index in [4.69, 9.17) is 5.73 Å². The summed E-state index contributed by atoms with van der Waals surface area (Å²) >= 11 is 0. The van der Waals surface area contributed by atoms with Crippen LogP contribution in [0.2, 0.25) is 0 Å². The first-order valence-corrected chi connectivity index (χ1v) is 4.22. The molecule has 0 aliphatic rings. The van der Waals surface area contributed by atoms with Crippen LogP contribution in [0.3, 0.4) is 0 Å². The third-order valence-corrected chi connectivity index (χ3v) is 1.64. The topological polar surface area (TPSA) is 72.9 Å². The predicted octanol–water partition coefficient (Wildman–Crippen LogP) is 0.142. The van der Waals surface area contributed by atoms with Crippen LogP contribution >= 0.6 is 0 Å². The average Bonchev–Trinajstić information content (AvgIpc) is 2.41. The highest BCUT2D eigenvalue weighted by Gasteiger charge is 2.11. The van der Waals surface area contributed by atoms with E-state index in [-0.39, 0.29) is 11.7 Å². The molecule has 0 aliphatic carbocycles. The predicted molar refractivity (Wildman–Crippen MR) is 50.2 cm³/mol. The van der Waals surface area contributed by atoms with Gasteiger partial charge in [-0.1, -0.05) is 6.92 Å². The van der Waals surface area contributed by atoms with Crippen molar-refractivity contribution in [2.75, 3.05) is 12.3 Å². The SMILES string of the molecule is CCCNC(=O)c1cn(C)nc1N. The van der Waals surface area contributed by atoms with E-state index in [2.05, 4.69) is 10.4 Å². The van der Waals surface area contributed by atoms with Crippen LogP contribution in [0, 0.1) is 0 Å². The highest BCUT2D eigenvalue weighted by Crippen LogP contribution is 2.06. The Hall–Kier alpha value is -1.52. The summed E-state index contributed by atoms with van der Waals surface area (Å²) < 4.78 is 1.52. The van der Waals surface area contributed by atoms with Gasteiger partial charge in [-0.25, -0.2) is 0 Å². The van der Waals surface area contributed by atoms with Crippen molar-refractivity contribution in [1.29, 1.82) is 0 Å². The summed E-state index contributed by atoms with van der Waals surface area (Å²) in [6, 6.07) is 0. The Balaban J connectivity index is 2.70. The number of aromatic nitrogens is 2.